The van der Waals surface area contributed by atoms with Gasteiger partial charge >= 0.3 is 6.18 Å². The lowest BCUT2D eigenvalue weighted by molar-refractivity contribution is -0.142. The van der Waals surface area contributed by atoms with Gasteiger partial charge in [0.25, 0.3) is 0 Å². The Morgan fingerprint density at radius 1 is 1.05 bits per heavy atom. The first-order chi connectivity index (χ1) is 18.2. The SMILES string of the molecule is Cc1cc(C(F)(F)F)nn1CC(=O)N1CCC(c2ccnc(C(=O)C[C@@H]3CCCc4ccccc43)c2)CC1. The first kappa shape index (κ1) is 26.1. The molecule has 38 heavy (non-hydrogen) atoms. The number of amides is 1. The summed E-state index contributed by atoms with van der Waals surface area (Å²) in [5.74, 6) is 0.209. The standard InChI is InChI=1S/C29H31F3N4O2/c1-19-15-27(29(30,31)32)34-36(19)18-28(38)35-13-10-20(11-14-35)22-9-12-33-25(16-22)26(37)17-23-7-4-6-21-5-2-3-8-24(21)23/h2-3,5,8-9,12,15-16,20,23H,4,6-7,10-11,13-14,17-18H2,1H3/t23-/m0/s1. The van der Waals surface area contributed by atoms with Crippen molar-refractivity contribution in [3.05, 3.63) is 82.4 Å². The summed E-state index contributed by atoms with van der Waals surface area (Å²) in [6, 6.07) is 13.1. The third-order valence-corrected chi connectivity index (χ3v) is 7.87. The predicted molar refractivity (Wildman–Crippen MR) is 136 cm³/mol. The minimum Gasteiger partial charge on any atom is -0.341 e. The van der Waals surface area contributed by atoms with Gasteiger partial charge in [-0.3, -0.25) is 19.3 Å². The van der Waals surface area contributed by atoms with Crippen molar-refractivity contribution >= 4 is 11.7 Å². The van der Waals surface area contributed by atoms with E-state index in [9.17, 15) is 22.8 Å². The third kappa shape index (κ3) is 5.66. The molecular formula is C29H31F3N4O2. The monoisotopic (exact) mass is 524 g/mol. The Bertz CT molecular complexity index is 1330. The fourth-order valence-corrected chi connectivity index (χ4v) is 5.75. The molecule has 9 heteroatoms. The maximum atomic E-state index is 13.2. The lowest BCUT2D eigenvalue weighted by atomic mass is 9.80. The molecule has 3 aromatic rings. The molecule has 1 amide bonds. The number of piperidine rings is 1. The fourth-order valence-electron chi connectivity index (χ4n) is 5.75. The van der Waals surface area contributed by atoms with Crippen LogP contribution in [0.25, 0.3) is 0 Å². The molecule has 1 aliphatic heterocycles. The van der Waals surface area contributed by atoms with Crippen LogP contribution in [0.2, 0.25) is 0 Å². The van der Waals surface area contributed by atoms with Gasteiger partial charge in [-0.15, -0.1) is 0 Å². The Balaban J connectivity index is 1.18. The van der Waals surface area contributed by atoms with Crippen LogP contribution in [-0.2, 0) is 23.9 Å². The molecule has 0 N–H and O–H groups in total. The fraction of sp³-hybridized carbons (Fsp3) is 0.448. The number of hydrogen-bond acceptors (Lipinski definition) is 4. The molecule has 1 aliphatic carbocycles. The number of nitrogens with zero attached hydrogens (tertiary/aromatic N) is 4. The van der Waals surface area contributed by atoms with Crippen molar-refractivity contribution < 1.29 is 22.8 Å². The van der Waals surface area contributed by atoms with Gasteiger partial charge in [0.2, 0.25) is 5.91 Å². The van der Waals surface area contributed by atoms with E-state index in [1.165, 1.54) is 18.1 Å². The number of ketones is 1. The summed E-state index contributed by atoms with van der Waals surface area (Å²) in [5.41, 5.74) is 3.45. The van der Waals surface area contributed by atoms with Crippen LogP contribution in [0.15, 0.2) is 48.7 Å². The molecule has 200 valence electrons. The highest BCUT2D eigenvalue weighted by Crippen LogP contribution is 2.35. The number of hydrogen-bond donors (Lipinski definition) is 0. The topological polar surface area (TPSA) is 68.1 Å². The van der Waals surface area contributed by atoms with Gasteiger partial charge in [-0.1, -0.05) is 24.3 Å². The normalized spacial score (nSPS) is 18.3. The molecule has 1 saturated heterocycles. The molecular weight excluding hydrogens is 493 g/mol. The molecule has 6 nitrogen and oxygen atoms in total. The maximum Gasteiger partial charge on any atom is 0.435 e. The summed E-state index contributed by atoms with van der Waals surface area (Å²) >= 11 is 0. The molecule has 3 heterocycles. The van der Waals surface area contributed by atoms with Crippen LogP contribution in [-0.4, -0.2) is 44.4 Å². The van der Waals surface area contributed by atoms with E-state index >= 15 is 0 Å². The number of alkyl halides is 3. The zero-order valence-corrected chi connectivity index (χ0v) is 21.4. The molecule has 2 aliphatic rings. The summed E-state index contributed by atoms with van der Waals surface area (Å²) in [6.45, 7) is 2.29. The van der Waals surface area contributed by atoms with Gasteiger partial charge in [-0.2, -0.15) is 18.3 Å². The van der Waals surface area contributed by atoms with Crippen LogP contribution in [0.4, 0.5) is 13.2 Å². The van der Waals surface area contributed by atoms with Crippen molar-refractivity contribution in [2.24, 2.45) is 0 Å². The zero-order valence-electron chi connectivity index (χ0n) is 21.4. The van der Waals surface area contributed by atoms with Crippen molar-refractivity contribution in [1.29, 1.82) is 0 Å². The average Bonchev–Trinajstić information content (AvgIpc) is 3.29. The Morgan fingerprint density at radius 3 is 2.55 bits per heavy atom. The second-order valence-corrected chi connectivity index (χ2v) is 10.4. The van der Waals surface area contributed by atoms with Crippen molar-refractivity contribution in [3.63, 3.8) is 0 Å². The number of carbonyl (C=O) groups excluding carboxylic acids is 2. The summed E-state index contributed by atoms with van der Waals surface area (Å²) in [5, 5.41) is 3.56. The van der Waals surface area contributed by atoms with E-state index in [1.807, 2.05) is 18.2 Å². The Morgan fingerprint density at radius 2 is 1.82 bits per heavy atom. The van der Waals surface area contributed by atoms with E-state index in [-0.39, 0.29) is 30.1 Å². The summed E-state index contributed by atoms with van der Waals surface area (Å²) in [7, 11) is 0. The highest BCUT2D eigenvalue weighted by molar-refractivity contribution is 5.95. The van der Waals surface area contributed by atoms with Gasteiger partial charge in [0.1, 0.15) is 12.2 Å². The first-order valence-electron chi connectivity index (χ1n) is 13.2. The van der Waals surface area contributed by atoms with Gasteiger partial charge in [-0.05, 0) is 85.8 Å². The van der Waals surface area contributed by atoms with Crippen molar-refractivity contribution in [3.8, 4) is 0 Å². The van der Waals surface area contributed by atoms with Crippen LogP contribution >= 0.6 is 0 Å². The highest BCUT2D eigenvalue weighted by atomic mass is 19.4. The summed E-state index contributed by atoms with van der Waals surface area (Å²) in [4.78, 5) is 32.0. The number of Topliss-reactive ketones (excluding diaryl/α,β-unsaturated/α-hetero) is 1. The van der Waals surface area contributed by atoms with Crippen molar-refractivity contribution in [2.75, 3.05) is 13.1 Å². The Kier molecular flexibility index (Phi) is 7.36. The number of pyridine rings is 1. The van der Waals surface area contributed by atoms with Crippen LogP contribution in [0.3, 0.4) is 0 Å². The van der Waals surface area contributed by atoms with Gasteiger partial charge in [0.15, 0.2) is 11.5 Å². The molecule has 1 atom stereocenters. The lowest BCUT2D eigenvalue weighted by Crippen LogP contribution is -2.40. The van der Waals surface area contributed by atoms with Gasteiger partial charge in [-0.25, -0.2) is 0 Å². The molecule has 0 unspecified atom stereocenters. The number of carbonyl (C=O) groups is 2. The van der Waals surface area contributed by atoms with Crippen LogP contribution in [0.1, 0.15) is 82.5 Å². The molecule has 0 bridgehead atoms. The second-order valence-electron chi connectivity index (χ2n) is 10.4. The maximum absolute atomic E-state index is 13.2. The number of fused-ring (bicyclic) bond motifs is 1. The van der Waals surface area contributed by atoms with E-state index < -0.39 is 11.9 Å². The lowest BCUT2D eigenvalue weighted by Gasteiger charge is -2.32. The minimum atomic E-state index is -4.54. The first-order valence-corrected chi connectivity index (χ1v) is 13.2. The Hall–Kier alpha value is -3.49. The van der Waals surface area contributed by atoms with Gasteiger partial charge in [0.05, 0.1) is 0 Å². The highest BCUT2D eigenvalue weighted by Gasteiger charge is 2.35. The number of aromatic nitrogens is 3. The molecule has 2 aromatic heterocycles. The summed E-state index contributed by atoms with van der Waals surface area (Å²) in [6.07, 6.45) is 2.18. The van der Waals surface area contributed by atoms with Gasteiger partial charge in [0, 0.05) is 31.4 Å². The predicted octanol–water partition coefficient (Wildman–Crippen LogP) is 5.70. The van der Waals surface area contributed by atoms with E-state index in [1.54, 1.807) is 11.1 Å². The van der Waals surface area contributed by atoms with Crippen molar-refractivity contribution in [2.45, 2.75) is 70.0 Å². The van der Waals surface area contributed by atoms with Crippen molar-refractivity contribution in [1.82, 2.24) is 19.7 Å². The number of halogens is 3. The summed E-state index contributed by atoms with van der Waals surface area (Å²) < 4.78 is 39.9. The second kappa shape index (κ2) is 10.7. The van der Waals surface area contributed by atoms with E-state index in [4.69, 9.17) is 0 Å². The molecule has 0 radical (unpaired) electrons. The zero-order chi connectivity index (χ0) is 26.9. The number of aryl methyl sites for hydroxylation is 2. The van der Waals surface area contributed by atoms with E-state index in [0.717, 1.165) is 35.6 Å². The van der Waals surface area contributed by atoms with E-state index in [0.29, 0.717) is 43.7 Å². The average molecular weight is 525 g/mol. The largest absolute Gasteiger partial charge is 0.435 e. The minimum absolute atomic E-state index is 0.0500. The molecule has 1 aromatic carbocycles. The molecule has 0 saturated carbocycles. The molecule has 1 fully saturated rings. The van der Waals surface area contributed by atoms with E-state index in [2.05, 4.69) is 28.3 Å². The quantitative estimate of drug-likeness (QED) is 0.388. The number of likely N-dealkylation sites (tertiary alicyclic amines) is 1. The third-order valence-electron chi connectivity index (χ3n) is 7.87. The van der Waals surface area contributed by atoms with Crippen LogP contribution in [0.5, 0.6) is 0 Å². The van der Waals surface area contributed by atoms with Gasteiger partial charge < -0.3 is 4.90 Å². The smallest absolute Gasteiger partial charge is 0.341 e. The molecule has 0 spiro atoms. The van der Waals surface area contributed by atoms with Crippen LogP contribution < -0.4 is 0 Å². The number of rotatable bonds is 6. The van der Waals surface area contributed by atoms with Crippen LogP contribution in [0, 0.1) is 6.92 Å². The number of benzene rings is 1. The molecule has 5 rings (SSSR count). The Labute approximate surface area is 219 Å².